The van der Waals surface area contributed by atoms with Crippen LogP contribution in [-0.2, 0) is 13.5 Å². The molecule has 94 valence electrons. The average molecular weight is 244 g/mol. The highest BCUT2D eigenvalue weighted by molar-refractivity contribution is 5.99. The molecule has 1 aromatic heterocycles. The summed E-state index contributed by atoms with van der Waals surface area (Å²) in [4.78, 5) is 13.6. The van der Waals surface area contributed by atoms with Crippen molar-refractivity contribution in [2.45, 2.75) is 27.2 Å². The first-order chi connectivity index (χ1) is 8.47. The van der Waals surface area contributed by atoms with E-state index in [1.54, 1.807) is 7.05 Å². The Morgan fingerprint density at radius 3 is 2.33 bits per heavy atom. The van der Waals surface area contributed by atoms with Gasteiger partial charge < -0.3 is 0 Å². The van der Waals surface area contributed by atoms with Gasteiger partial charge in [-0.25, -0.2) is 0 Å². The van der Waals surface area contributed by atoms with Crippen LogP contribution in [0.15, 0.2) is 12.1 Å². The van der Waals surface area contributed by atoms with Crippen molar-refractivity contribution in [3.05, 3.63) is 40.2 Å². The number of ketones is 1. The predicted molar refractivity (Wildman–Crippen MR) is 67.5 cm³/mol. The Labute approximate surface area is 106 Å². The van der Waals surface area contributed by atoms with E-state index in [1.807, 2.05) is 32.9 Å². The van der Waals surface area contributed by atoms with Gasteiger partial charge >= 0.3 is 0 Å². The Hall–Kier alpha value is -2.04. The van der Waals surface area contributed by atoms with Gasteiger partial charge in [0.25, 0.3) is 0 Å². The molecule has 1 aromatic carbocycles. The number of rotatable bonds is 3. The fourth-order valence-electron chi connectivity index (χ4n) is 2.25. The zero-order chi connectivity index (χ0) is 13.3. The molecule has 5 nitrogen and oxygen atoms in total. The fourth-order valence-corrected chi connectivity index (χ4v) is 2.25. The van der Waals surface area contributed by atoms with Crippen LogP contribution < -0.4 is 0 Å². The van der Waals surface area contributed by atoms with E-state index in [2.05, 4.69) is 15.4 Å². The van der Waals surface area contributed by atoms with Crippen LogP contribution in [0.1, 0.15) is 32.9 Å². The smallest absolute Gasteiger partial charge is 0.182 e. The van der Waals surface area contributed by atoms with Crippen LogP contribution in [0.25, 0.3) is 0 Å². The summed E-state index contributed by atoms with van der Waals surface area (Å²) in [6, 6.07) is 4.04. The molecule has 0 aliphatic heterocycles. The van der Waals surface area contributed by atoms with Crippen molar-refractivity contribution in [2.24, 2.45) is 7.05 Å². The molecule has 0 radical (unpaired) electrons. The molecule has 2 aromatic rings. The standard InChI is InChI=1S/C13H16N4O/c1-8-5-9(2)13(10(3)6-8)11(18)7-12-14-16-17(4)15-12/h5-6H,7H2,1-4H3. The minimum atomic E-state index is 0.0398. The summed E-state index contributed by atoms with van der Waals surface area (Å²) in [5.74, 6) is 0.500. The summed E-state index contributed by atoms with van der Waals surface area (Å²) in [5, 5.41) is 11.6. The Balaban J connectivity index is 2.29. The summed E-state index contributed by atoms with van der Waals surface area (Å²) < 4.78 is 0. The third-order valence-electron chi connectivity index (χ3n) is 2.82. The fraction of sp³-hybridized carbons (Fsp3) is 0.385. The van der Waals surface area contributed by atoms with Gasteiger partial charge in [0.1, 0.15) is 0 Å². The van der Waals surface area contributed by atoms with Gasteiger partial charge in [0.2, 0.25) is 0 Å². The van der Waals surface area contributed by atoms with Gasteiger partial charge in [-0.15, -0.1) is 10.2 Å². The lowest BCUT2D eigenvalue weighted by molar-refractivity contribution is 0.0989. The largest absolute Gasteiger partial charge is 0.294 e. The van der Waals surface area contributed by atoms with E-state index >= 15 is 0 Å². The van der Waals surface area contributed by atoms with Gasteiger partial charge in [0.15, 0.2) is 11.6 Å². The van der Waals surface area contributed by atoms with Crippen molar-refractivity contribution in [3.8, 4) is 0 Å². The number of benzene rings is 1. The number of nitrogens with zero attached hydrogens (tertiary/aromatic N) is 4. The third kappa shape index (κ3) is 2.45. The highest BCUT2D eigenvalue weighted by Gasteiger charge is 2.15. The Morgan fingerprint density at radius 2 is 1.83 bits per heavy atom. The number of aromatic nitrogens is 4. The molecule has 1 heterocycles. The zero-order valence-corrected chi connectivity index (χ0v) is 11.1. The lowest BCUT2D eigenvalue weighted by atomic mass is 9.95. The van der Waals surface area contributed by atoms with Gasteiger partial charge in [0.05, 0.1) is 13.5 Å². The maximum Gasteiger partial charge on any atom is 0.182 e. The molecule has 0 aliphatic rings. The lowest BCUT2D eigenvalue weighted by Crippen LogP contribution is -2.09. The average Bonchev–Trinajstić information content (AvgIpc) is 2.62. The van der Waals surface area contributed by atoms with E-state index in [0.717, 1.165) is 16.7 Å². The Morgan fingerprint density at radius 1 is 1.22 bits per heavy atom. The number of tetrazole rings is 1. The minimum absolute atomic E-state index is 0.0398. The van der Waals surface area contributed by atoms with Crippen LogP contribution in [0.5, 0.6) is 0 Å². The number of hydrogen-bond acceptors (Lipinski definition) is 4. The molecule has 18 heavy (non-hydrogen) atoms. The molecule has 5 heteroatoms. The number of aryl methyl sites for hydroxylation is 4. The maximum absolute atomic E-state index is 12.3. The summed E-state index contributed by atoms with van der Waals surface area (Å²) in [5.41, 5.74) is 3.94. The van der Waals surface area contributed by atoms with E-state index in [4.69, 9.17) is 0 Å². The molecule has 2 rings (SSSR count). The van der Waals surface area contributed by atoms with E-state index in [9.17, 15) is 4.79 Å². The second-order valence-corrected chi connectivity index (χ2v) is 4.57. The Kier molecular flexibility index (Phi) is 3.23. The second-order valence-electron chi connectivity index (χ2n) is 4.57. The van der Waals surface area contributed by atoms with Crippen LogP contribution in [0.2, 0.25) is 0 Å². The van der Waals surface area contributed by atoms with E-state index in [-0.39, 0.29) is 12.2 Å². The summed E-state index contributed by atoms with van der Waals surface area (Å²) in [7, 11) is 1.68. The minimum Gasteiger partial charge on any atom is -0.294 e. The molecule has 0 saturated carbocycles. The first kappa shape index (κ1) is 12.4. The quantitative estimate of drug-likeness (QED) is 0.769. The monoisotopic (exact) mass is 244 g/mol. The highest BCUT2D eigenvalue weighted by Crippen LogP contribution is 2.18. The van der Waals surface area contributed by atoms with Gasteiger partial charge in [-0.1, -0.05) is 17.7 Å². The molecule has 0 bridgehead atoms. The van der Waals surface area contributed by atoms with Crippen molar-refractivity contribution in [1.29, 1.82) is 0 Å². The summed E-state index contributed by atoms with van der Waals surface area (Å²) in [6.07, 6.45) is 0.193. The maximum atomic E-state index is 12.3. The van der Waals surface area contributed by atoms with E-state index in [0.29, 0.717) is 5.82 Å². The first-order valence-electron chi connectivity index (χ1n) is 5.81. The predicted octanol–water partition coefficient (Wildman–Crippen LogP) is 1.56. The number of carbonyl (C=O) groups excluding carboxylic acids is 1. The molecule has 0 amide bonds. The lowest BCUT2D eigenvalue weighted by Gasteiger charge is -2.09. The highest BCUT2D eigenvalue weighted by atomic mass is 16.1. The normalized spacial score (nSPS) is 10.7. The molecular formula is C13H16N4O. The summed E-state index contributed by atoms with van der Waals surface area (Å²) in [6.45, 7) is 5.94. The van der Waals surface area contributed by atoms with Crippen LogP contribution in [0, 0.1) is 20.8 Å². The topological polar surface area (TPSA) is 60.7 Å². The van der Waals surface area contributed by atoms with E-state index < -0.39 is 0 Å². The second kappa shape index (κ2) is 4.68. The molecule has 0 spiro atoms. The number of hydrogen-bond donors (Lipinski definition) is 0. The van der Waals surface area contributed by atoms with Crippen molar-refractivity contribution in [1.82, 2.24) is 20.2 Å². The van der Waals surface area contributed by atoms with Gasteiger partial charge in [-0.2, -0.15) is 4.80 Å². The van der Waals surface area contributed by atoms with Gasteiger partial charge in [-0.3, -0.25) is 4.79 Å². The number of Topliss-reactive ketones (excluding diaryl/α,β-unsaturated/α-hetero) is 1. The van der Waals surface area contributed by atoms with Crippen LogP contribution in [-0.4, -0.2) is 26.0 Å². The molecule has 0 aliphatic carbocycles. The van der Waals surface area contributed by atoms with Crippen LogP contribution in [0.4, 0.5) is 0 Å². The van der Waals surface area contributed by atoms with Crippen molar-refractivity contribution in [3.63, 3.8) is 0 Å². The molecular weight excluding hydrogens is 228 g/mol. The molecule has 0 atom stereocenters. The van der Waals surface area contributed by atoms with E-state index in [1.165, 1.54) is 10.4 Å². The summed E-state index contributed by atoms with van der Waals surface area (Å²) >= 11 is 0. The zero-order valence-electron chi connectivity index (χ0n) is 11.1. The first-order valence-corrected chi connectivity index (χ1v) is 5.81. The molecule has 0 saturated heterocycles. The van der Waals surface area contributed by atoms with Crippen LogP contribution in [0.3, 0.4) is 0 Å². The van der Waals surface area contributed by atoms with Gasteiger partial charge in [0, 0.05) is 5.56 Å². The molecule has 0 unspecified atom stereocenters. The Bertz CT molecular complexity index is 578. The molecule has 0 N–H and O–H groups in total. The molecule has 0 fully saturated rings. The van der Waals surface area contributed by atoms with Crippen molar-refractivity contribution < 1.29 is 4.79 Å². The van der Waals surface area contributed by atoms with Crippen molar-refractivity contribution in [2.75, 3.05) is 0 Å². The number of carbonyl (C=O) groups is 1. The van der Waals surface area contributed by atoms with Crippen molar-refractivity contribution >= 4 is 5.78 Å². The SMILES string of the molecule is Cc1cc(C)c(C(=O)Cc2nnn(C)n2)c(C)c1. The van der Waals surface area contributed by atoms with Gasteiger partial charge in [-0.05, 0) is 37.1 Å². The van der Waals surface area contributed by atoms with Crippen LogP contribution >= 0.6 is 0 Å². The third-order valence-corrected chi connectivity index (χ3v) is 2.82.